The van der Waals surface area contributed by atoms with Gasteiger partial charge in [0.15, 0.2) is 13.2 Å². The summed E-state index contributed by atoms with van der Waals surface area (Å²) in [6.45, 7) is -0.0652. The Balaban J connectivity index is 1.22. The number of hydrogen-bond donors (Lipinski definition) is 0. The molecule has 0 saturated carbocycles. The highest BCUT2D eigenvalue weighted by atomic mass is 19.1. The molecular weight excluding hydrogens is 389 g/mol. The first-order valence-corrected chi connectivity index (χ1v) is 9.36. The molecule has 0 spiro atoms. The van der Waals surface area contributed by atoms with Crippen molar-refractivity contribution in [2.45, 2.75) is 26.1 Å². The van der Waals surface area contributed by atoms with Crippen LogP contribution in [0.1, 0.15) is 23.8 Å². The molecule has 8 heteroatoms. The average Bonchev–Trinajstić information content (AvgIpc) is 3.23. The summed E-state index contributed by atoms with van der Waals surface area (Å²) in [5.74, 6) is 0.224. The zero-order chi connectivity index (χ0) is 20.8. The van der Waals surface area contributed by atoms with Crippen LogP contribution in [0.5, 0.6) is 5.75 Å². The lowest BCUT2D eigenvalue weighted by molar-refractivity contribution is -0.145. The van der Waals surface area contributed by atoms with Crippen molar-refractivity contribution >= 4 is 16.9 Å². The molecule has 0 atom stereocenters. The maximum atomic E-state index is 12.9. The highest BCUT2D eigenvalue weighted by Crippen LogP contribution is 2.14. The van der Waals surface area contributed by atoms with Crippen molar-refractivity contribution in [3.63, 3.8) is 0 Å². The van der Waals surface area contributed by atoms with Crippen LogP contribution in [0.3, 0.4) is 0 Å². The number of nitrogens with zero attached hydrogens (tertiary/aromatic N) is 3. The molecule has 0 N–H and O–H groups in total. The van der Waals surface area contributed by atoms with Gasteiger partial charge in [0.05, 0.1) is 11.9 Å². The second-order valence-corrected chi connectivity index (χ2v) is 6.50. The molecule has 0 aliphatic rings. The van der Waals surface area contributed by atoms with E-state index in [2.05, 4.69) is 15.1 Å². The van der Waals surface area contributed by atoms with E-state index in [0.717, 1.165) is 16.6 Å². The molecule has 0 bridgehead atoms. The molecule has 2 aromatic carbocycles. The standard InChI is InChI=1S/C22H18FN3O4/c23-16-6-10-18(11-7-16)28-13-20-25-21(30-26-20)14-29-22(27)12-9-17-8-5-15-3-1-2-4-19(15)24-17/h1-8,10-11H,9,12-14H2. The van der Waals surface area contributed by atoms with Gasteiger partial charge in [-0.2, -0.15) is 4.98 Å². The van der Waals surface area contributed by atoms with E-state index in [9.17, 15) is 9.18 Å². The second-order valence-electron chi connectivity index (χ2n) is 6.50. The Labute approximate surface area is 171 Å². The number of aryl methyl sites for hydroxylation is 1. The molecule has 0 radical (unpaired) electrons. The third-order valence-corrected chi connectivity index (χ3v) is 4.29. The van der Waals surface area contributed by atoms with Gasteiger partial charge in [-0.05, 0) is 36.4 Å². The number of esters is 1. The van der Waals surface area contributed by atoms with Crippen LogP contribution in [0.25, 0.3) is 10.9 Å². The molecule has 0 fully saturated rings. The van der Waals surface area contributed by atoms with Gasteiger partial charge in [-0.15, -0.1) is 0 Å². The summed E-state index contributed by atoms with van der Waals surface area (Å²) < 4.78 is 28.5. The topological polar surface area (TPSA) is 87.3 Å². The normalized spacial score (nSPS) is 10.8. The van der Waals surface area contributed by atoms with Crippen LogP contribution in [-0.2, 0) is 29.2 Å². The van der Waals surface area contributed by atoms with Gasteiger partial charge in [0.2, 0.25) is 5.82 Å². The monoisotopic (exact) mass is 407 g/mol. The Morgan fingerprint density at radius 3 is 2.67 bits per heavy atom. The van der Waals surface area contributed by atoms with Gasteiger partial charge in [0, 0.05) is 17.5 Å². The lowest BCUT2D eigenvalue weighted by Crippen LogP contribution is -2.07. The quantitative estimate of drug-likeness (QED) is 0.408. The molecule has 4 rings (SSSR count). The van der Waals surface area contributed by atoms with E-state index < -0.39 is 0 Å². The smallest absolute Gasteiger partial charge is 0.306 e. The summed E-state index contributed by atoms with van der Waals surface area (Å²) in [7, 11) is 0. The van der Waals surface area contributed by atoms with E-state index in [1.807, 2.05) is 36.4 Å². The van der Waals surface area contributed by atoms with Gasteiger partial charge < -0.3 is 14.0 Å². The first kappa shape index (κ1) is 19.5. The predicted molar refractivity (Wildman–Crippen MR) is 105 cm³/mol. The van der Waals surface area contributed by atoms with Crippen molar-refractivity contribution in [3.8, 4) is 5.75 Å². The van der Waals surface area contributed by atoms with Crippen LogP contribution in [-0.4, -0.2) is 21.1 Å². The van der Waals surface area contributed by atoms with Crippen molar-refractivity contribution in [2.24, 2.45) is 0 Å². The number of aromatic nitrogens is 3. The van der Waals surface area contributed by atoms with Crippen LogP contribution in [0.4, 0.5) is 4.39 Å². The molecule has 0 amide bonds. The highest BCUT2D eigenvalue weighted by Gasteiger charge is 2.11. The fourth-order valence-corrected chi connectivity index (χ4v) is 2.78. The Hall–Kier alpha value is -3.81. The molecule has 0 unspecified atom stereocenters. The Bertz CT molecular complexity index is 1140. The number of hydrogen-bond acceptors (Lipinski definition) is 7. The predicted octanol–water partition coefficient (Wildman–Crippen LogP) is 4.01. The molecule has 152 valence electrons. The van der Waals surface area contributed by atoms with E-state index in [1.54, 1.807) is 0 Å². The van der Waals surface area contributed by atoms with E-state index in [1.165, 1.54) is 24.3 Å². The van der Waals surface area contributed by atoms with Gasteiger partial charge in [-0.3, -0.25) is 9.78 Å². The lowest BCUT2D eigenvalue weighted by atomic mass is 10.1. The maximum absolute atomic E-state index is 12.9. The Morgan fingerprint density at radius 2 is 1.80 bits per heavy atom. The van der Waals surface area contributed by atoms with E-state index >= 15 is 0 Å². The van der Waals surface area contributed by atoms with E-state index in [4.69, 9.17) is 14.0 Å². The minimum absolute atomic E-state index is 0.0523. The van der Waals surface area contributed by atoms with Crippen molar-refractivity contribution in [1.82, 2.24) is 15.1 Å². The van der Waals surface area contributed by atoms with Gasteiger partial charge in [-0.25, -0.2) is 4.39 Å². The number of para-hydroxylation sites is 1. The van der Waals surface area contributed by atoms with E-state index in [-0.39, 0.29) is 37.3 Å². The molecule has 0 aliphatic carbocycles. The number of rotatable bonds is 8. The first-order chi connectivity index (χ1) is 14.7. The van der Waals surface area contributed by atoms with Crippen molar-refractivity contribution in [1.29, 1.82) is 0 Å². The number of benzene rings is 2. The molecular formula is C22H18FN3O4. The summed E-state index contributed by atoms with van der Waals surface area (Å²) in [4.78, 5) is 20.6. The Kier molecular flexibility index (Phi) is 5.93. The van der Waals surface area contributed by atoms with Crippen molar-refractivity contribution in [2.75, 3.05) is 0 Å². The summed E-state index contributed by atoms with van der Waals surface area (Å²) in [6, 6.07) is 17.3. The molecule has 30 heavy (non-hydrogen) atoms. The molecule has 0 aliphatic heterocycles. The SMILES string of the molecule is O=C(CCc1ccc2ccccc2n1)OCc1nc(COc2ccc(F)cc2)no1. The van der Waals surface area contributed by atoms with Crippen LogP contribution in [0, 0.1) is 5.82 Å². The van der Waals surface area contributed by atoms with Gasteiger partial charge in [0.25, 0.3) is 5.89 Å². The minimum Gasteiger partial charge on any atom is -0.485 e. The van der Waals surface area contributed by atoms with Crippen LogP contribution in [0.2, 0.25) is 0 Å². The molecule has 7 nitrogen and oxygen atoms in total. The van der Waals surface area contributed by atoms with Crippen molar-refractivity contribution in [3.05, 3.63) is 83.9 Å². The van der Waals surface area contributed by atoms with Gasteiger partial charge in [-0.1, -0.05) is 29.4 Å². The Morgan fingerprint density at radius 1 is 0.967 bits per heavy atom. The zero-order valence-electron chi connectivity index (χ0n) is 16.0. The van der Waals surface area contributed by atoms with Crippen LogP contribution < -0.4 is 4.74 Å². The largest absolute Gasteiger partial charge is 0.485 e. The first-order valence-electron chi connectivity index (χ1n) is 9.36. The lowest BCUT2D eigenvalue weighted by Gasteiger charge is -2.04. The van der Waals surface area contributed by atoms with Crippen LogP contribution in [0.15, 0.2) is 65.2 Å². The maximum Gasteiger partial charge on any atom is 0.306 e. The minimum atomic E-state index is -0.382. The average molecular weight is 407 g/mol. The number of carbonyl (C=O) groups excluding carboxylic acids is 1. The number of halogens is 1. The van der Waals surface area contributed by atoms with Crippen molar-refractivity contribution < 1.29 is 23.2 Å². The number of pyridine rings is 1. The van der Waals surface area contributed by atoms with Gasteiger partial charge >= 0.3 is 5.97 Å². The summed E-state index contributed by atoms with van der Waals surface area (Å²) >= 11 is 0. The number of fused-ring (bicyclic) bond motifs is 1. The second kappa shape index (κ2) is 9.13. The molecule has 4 aromatic rings. The number of carbonyl (C=O) groups is 1. The zero-order valence-corrected chi connectivity index (χ0v) is 16.0. The fourth-order valence-electron chi connectivity index (χ4n) is 2.78. The van der Waals surface area contributed by atoms with Crippen LogP contribution >= 0.6 is 0 Å². The summed E-state index contributed by atoms with van der Waals surface area (Å²) in [6.07, 6.45) is 0.671. The fraction of sp³-hybridized carbons (Fsp3) is 0.182. The third-order valence-electron chi connectivity index (χ3n) is 4.29. The molecule has 2 aromatic heterocycles. The van der Waals surface area contributed by atoms with Gasteiger partial charge in [0.1, 0.15) is 11.6 Å². The summed E-state index contributed by atoms with van der Waals surface area (Å²) in [5, 5.41) is 4.82. The highest BCUT2D eigenvalue weighted by molar-refractivity contribution is 5.78. The molecule has 2 heterocycles. The number of ether oxygens (including phenoxy) is 2. The van der Waals surface area contributed by atoms with E-state index in [0.29, 0.717) is 18.0 Å². The molecule has 0 saturated heterocycles. The third kappa shape index (κ3) is 5.16. The summed E-state index contributed by atoms with van der Waals surface area (Å²) in [5.41, 5.74) is 1.72.